The Morgan fingerprint density at radius 1 is 1.47 bits per heavy atom. The molecule has 0 radical (unpaired) electrons. The van der Waals surface area contributed by atoms with Crippen LogP contribution in [0.5, 0.6) is 0 Å². The van der Waals surface area contributed by atoms with Gasteiger partial charge in [-0.3, -0.25) is 0 Å². The van der Waals surface area contributed by atoms with Crippen molar-refractivity contribution >= 4 is 10.1 Å². The van der Waals surface area contributed by atoms with Crippen LogP contribution < -0.4 is 0 Å². The summed E-state index contributed by atoms with van der Waals surface area (Å²) >= 11 is 0. The summed E-state index contributed by atoms with van der Waals surface area (Å²) in [4.78, 5) is 0. The lowest BCUT2D eigenvalue weighted by atomic mass is 9.97. The van der Waals surface area contributed by atoms with Gasteiger partial charge in [-0.1, -0.05) is 6.92 Å². The molecule has 0 unspecified atom stereocenters. The van der Waals surface area contributed by atoms with E-state index in [0.717, 1.165) is 6.42 Å². The van der Waals surface area contributed by atoms with Gasteiger partial charge in [0.05, 0.1) is 0 Å². The Kier molecular flexibility index (Phi) is 3.32. The van der Waals surface area contributed by atoms with Gasteiger partial charge in [-0.05, 0) is 24.8 Å². The Labute approximate surface area is 86.0 Å². The SMILES string of the molecule is C[C@H]1C=C(OS(=O)(=O)C(F)(F)F)CCC1. The first kappa shape index (κ1) is 12.4. The number of rotatable bonds is 2. The van der Waals surface area contributed by atoms with Gasteiger partial charge in [0, 0.05) is 6.42 Å². The molecule has 1 atom stereocenters. The van der Waals surface area contributed by atoms with Gasteiger partial charge in [0.1, 0.15) is 5.76 Å². The maximum Gasteiger partial charge on any atom is 0.534 e. The lowest BCUT2D eigenvalue weighted by Gasteiger charge is -2.18. The van der Waals surface area contributed by atoms with Crippen LogP contribution in [0.3, 0.4) is 0 Å². The Morgan fingerprint density at radius 2 is 2.07 bits per heavy atom. The predicted molar refractivity (Wildman–Crippen MR) is 47.2 cm³/mol. The molecule has 15 heavy (non-hydrogen) atoms. The molecule has 0 bridgehead atoms. The molecule has 0 aromatic rings. The van der Waals surface area contributed by atoms with Crippen LogP contribution in [0.4, 0.5) is 13.2 Å². The van der Waals surface area contributed by atoms with Crippen LogP contribution in [0.1, 0.15) is 26.2 Å². The minimum absolute atomic E-state index is 0.0529. The molecular formula is C8H11F3O3S. The van der Waals surface area contributed by atoms with E-state index in [0.29, 0.717) is 6.42 Å². The van der Waals surface area contributed by atoms with Crippen molar-refractivity contribution < 1.29 is 25.8 Å². The Balaban J connectivity index is 2.79. The molecular weight excluding hydrogens is 233 g/mol. The van der Waals surface area contributed by atoms with Gasteiger partial charge in [-0.2, -0.15) is 21.6 Å². The Morgan fingerprint density at radius 3 is 2.53 bits per heavy atom. The van der Waals surface area contributed by atoms with E-state index >= 15 is 0 Å². The molecule has 0 fully saturated rings. The topological polar surface area (TPSA) is 43.4 Å². The average Bonchev–Trinajstić information content (AvgIpc) is 2.00. The van der Waals surface area contributed by atoms with Crippen LogP contribution in [-0.4, -0.2) is 13.9 Å². The zero-order chi connectivity index (χ0) is 11.7. The summed E-state index contributed by atoms with van der Waals surface area (Å²) in [5.41, 5.74) is -5.35. The quantitative estimate of drug-likeness (QED) is 0.554. The molecule has 1 rings (SSSR count). The fourth-order valence-electron chi connectivity index (χ4n) is 1.34. The van der Waals surface area contributed by atoms with Crippen molar-refractivity contribution in [1.82, 2.24) is 0 Å². The molecule has 1 aliphatic rings. The Hall–Kier alpha value is -0.720. The third kappa shape index (κ3) is 3.12. The molecule has 0 aromatic heterocycles. The van der Waals surface area contributed by atoms with E-state index in [1.807, 2.05) is 0 Å². The molecule has 1 aliphatic carbocycles. The first-order valence-corrected chi connectivity index (χ1v) is 5.84. The second-order valence-electron chi connectivity index (χ2n) is 3.49. The molecule has 0 saturated carbocycles. The summed E-state index contributed by atoms with van der Waals surface area (Å²) < 4.78 is 61.1. The average molecular weight is 244 g/mol. The highest BCUT2D eigenvalue weighted by Gasteiger charge is 2.48. The van der Waals surface area contributed by atoms with Crippen LogP contribution in [0.25, 0.3) is 0 Å². The van der Waals surface area contributed by atoms with Crippen molar-refractivity contribution in [2.45, 2.75) is 31.7 Å². The van der Waals surface area contributed by atoms with E-state index in [9.17, 15) is 21.6 Å². The lowest BCUT2D eigenvalue weighted by molar-refractivity contribution is -0.0524. The summed E-state index contributed by atoms with van der Waals surface area (Å²) in [5.74, 6) is -0.0525. The molecule has 0 heterocycles. The molecule has 0 aliphatic heterocycles. The summed E-state index contributed by atoms with van der Waals surface area (Å²) in [5, 5.41) is 0. The van der Waals surface area contributed by atoms with Gasteiger partial charge in [-0.15, -0.1) is 0 Å². The van der Waals surface area contributed by atoms with Crippen LogP contribution >= 0.6 is 0 Å². The van der Waals surface area contributed by atoms with E-state index < -0.39 is 15.6 Å². The highest BCUT2D eigenvalue weighted by atomic mass is 32.2. The Bertz CT molecular complexity index is 356. The number of allylic oxidation sites excluding steroid dienone is 2. The fraction of sp³-hybridized carbons (Fsp3) is 0.750. The van der Waals surface area contributed by atoms with Crippen molar-refractivity contribution in [3.8, 4) is 0 Å². The largest absolute Gasteiger partial charge is 0.534 e. The van der Waals surface area contributed by atoms with Gasteiger partial charge in [0.15, 0.2) is 0 Å². The second kappa shape index (κ2) is 4.03. The smallest absolute Gasteiger partial charge is 0.381 e. The van der Waals surface area contributed by atoms with Crippen molar-refractivity contribution in [1.29, 1.82) is 0 Å². The van der Waals surface area contributed by atoms with Crippen molar-refractivity contribution in [3.63, 3.8) is 0 Å². The van der Waals surface area contributed by atoms with Gasteiger partial charge >= 0.3 is 15.6 Å². The molecule has 3 nitrogen and oxygen atoms in total. The normalized spacial score (nSPS) is 23.5. The molecule has 7 heteroatoms. The van der Waals surface area contributed by atoms with Crippen LogP contribution in [0, 0.1) is 5.92 Å². The molecule has 0 saturated heterocycles. The molecule has 88 valence electrons. The fourth-order valence-corrected chi connectivity index (χ4v) is 1.86. The van der Waals surface area contributed by atoms with Gasteiger partial charge in [0.2, 0.25) is 0 Å². The second-order valence-corrected chi connectivity index (χ2v) is 5.02. The van der Waals surface area contributed by atoms with Crippen LogP contribution in [0.2, 0.25) is 0 Å². The molecule has 0 spiro atoms. The summed E-state index contributed by atoms with van der Waals surface area (Å²) in [6.07, 6.45) is 3.13. The van der Waals surface area contributed by atoms with Crippen LogP contribution in [-0.2, 0) is 14.3 Å². The van der Waals surface area contributed by atoms with E-state index in [1.165, 1.54) is 6.08 Å². The van der Waals surface area contributed by atoms with Gasteiger partial charge in [-0.25, -0.2) is 0 Å². The summed E-state index contributed by atoms with van der Waals surface area (Å²) in [6.45, 7) is 1.79. The summed E-state index contributed by atoms with van der Waals surface area (Å²) in [6, 6.07) is 0. The van der Waals surface area contributed by atoms with E-state index in [1.54, 1.807) is 6.92 Å². The maximum absolute atomic E-state index is 11.9. The standard InChI is InChI=1S/C8H11F3O3S/c1-6-3-2-4-7(5-6)14-15(12,13)8(9,10)11/h5-6H,2-4H2,1H3/t6-/m1/s1. The minimum Gasteiger partial charge on any atom is -0.381 e. The third-order valence-electron chi connectivity index (χ3n) is 2.05. The van der Waals surface area contributed by atoms with Crippen molar-refractivity contribution in [3.05, 3.63) is 11.8 Å². The number of halogens is 3. The van der Waals surface area contributed by atoms with E-state index in [2.05, 4.69) is 4.18 Å². The van der Waals surface area contributed by atoms with E-state index in [-0.39, 0.29) is 18.1 Å². The first-order chi connectivity index (χ1) is 6.72. The zero-order valence-corrected chi connectivity index (χ0v) is 8.86. The highest BCUT2D eigenvalue weighted by Crippen LogP contribution is 2.30. The molecule has 0 aromatic carbocycles. The van der Waals surface area contributed by atoms with Crippen molar-refractivity contribution in [2.75, 3.05) is 0 Å². The monoisotopic (exact) mass is 244 g/mol. The third-order valence-corrected chi connectivity index (χ3v) is 3.05. The molecule has 0 amide bonds. The van der Waals surface area contributed by atoms with Gasteiger partial charge < -0.3 is 4.18 Å². The van der Waals surface area contributed by atoms with Crippen molar-refractivity contribution in [2.24, 2.45) is 5.92 Å². The van der Waals surface area contributed by atoms with Crippen LogP contribution in [0.15, 0.2) is 11.8 Å². The number of hydrogen-bond acceptors (Lipinski definition) is 3. The summed E-state index contributed by atoms with van der Waals surface area (Å²) in [7, 11) is -5.49. The highest BCUT2D eigenvalue weighted by molar-refractivity contribution is 7.87. The molecule has 0 N–H and O–H groups in total. The maximum atomic E-state index is 11.9. The number of alkyl halides is 3. The minimum atomic E-state index is -5.49. The predicted octanol–water partition coefficient (Wildman–Crippen LogP) is 2.56. The van der Waals surface area contributed by atoms with E-state index in [4.69, 9.17) is 0 Å². The lowest BCUT2D eigenvalue weighted by Crippen LogP contribution is -2.25. The first-order valence-electron chi connectivity index (χ1n) is 4.44. The zero-order valence-electron chi connectivity index (χ0n) is 8.04. The van der Waals surface area contributed by atoms with Gasteiger partial charge in [0.25, 0.3) is 0 Å². The number of hydrogen-bond donors (Lipinski definition) is 0.